The fraction of sp³-hybridized carbons (Fsp3) is 0.417. The maximum Gasteiger partial charge on any atom is 0.115 e. The molecule has 1 aliphatic heterocycles. The summed E-state index contributed by atoms with van der Waals surface area (Å²) >= 11 is 0. The summed E-state index contributed by atoms with van der Waals surface area (Å²) in [5.41, 5.74) is 8.11. The maximum absolute atomic E-state index is 5.97. The van der Waals surface area contributed by atoms with Crippen molar-refractivity contribution >= 4 is 10.9 Å². The Morgan fingerprint density at radius 2 is 2.31 bits per heavy atom. The molecule has 16 heavy (non-hydrogen) atoms. The fourth-order valence-electron chi connectivity index (χ4n) is 2.32. The molecule has 0 unspecified atom stereocenters. The zero-order chi connectivity index (χ0) is 11.1. The second kappa shape index (κ2) is 3.57. The number of hydrogen-bond donors (Lipinski definition) is 1. The minimum atomic E-state index is -0.0406. The molecule has 0 bridgehead atoms. The molecule has 2 N–H and O–H groups in total. The van der Waals surface area contributed by atoms with Gasteiger partial charge in [0, 0.05) is 11.4 Å². The van der Waals surface area contributed by atoms with Gasteiger partial charge in [0.15, 0.2) is 0 Å². The number of nitrogens with two attached hydrogens (primary N) is 1. The van der Waals surface area contributed by atoms with Crippen molar-refractivity contribution in [3.8, 4) is 0 Å². The molecule has 4 nitrogen and oxygen atoms in total. The average Bonchev–Trinajstić information content (AvgIpc) is 2.66. The monoisotopic (exact) mass is 217 g/mol. The molecular formula is C12H15N3O. The molecule has 3 rings (SSSR count). The van der Waals surface area contributed by atoms with Gasteiger partial charge in [-0.1, -0.05) is 18.2 Å². The topological polar surface area (TPSA) is 53.1 Å². The molecule has 1 aliphatic rings. The minimum Gasteiger partial charge on any atom is -0.368 e. The molecular weight excluding hydrogens is 202 g/mol. The van der Waals surface area contributed by atoms with Gasteiger partial charge in [-0.3, -0.25) is 4.68 Å². The fourth-order valence-corrected chi connectivity index (χ4v) is 2.32. The highest BCUT2D eigenvalue weighted by molar-refractivity contribution is 5.82. The van der Waals surface area contributed by atoms with Crippen molar-refractivity contribution in [3.63, 3.8) is 0 Å². The molecule has 0 spiro atoms. The van der Waals surface area contributed by atoms with E-state index in [1.54, 1.807) is 0 Å². The lowest BCUT2D eigenvalue weighted by molar-refractivity contribution is 0.00537. The smallest absolute Gasteiger partial charge is 0.115 e. The van der Waals surface area contributed by atoms with E-state index in [-0.39, 0.29) is 12.1 Å². The molecule has 0 aliphatic carbocycles. The van der Waals surface area contributed by atoms with Crippen LogP contribution in [0, 0.1) is 0 Å². The standard InChI is InChI=1S/C12H15N3O/c1-8(13)12-11-9-4-2-3-5-10(9)14-15(11)6-7-16-12/h2-5,8,12H,6-7,13H2,1H3/t8-,12+/m1/s1. The zero-order valence-corrected chi connectivity index (χ0v) is 9.26. The van der Waals surface area contributed by atoms with E-state index < -0.39 is 0 Å². The second-order valence-electron chi connectivity index (χ2n) is 4.28. The van der Waals surface area contributed by atoms with Gasteiger partial charge in [-0.15, -0.1) is 0 Å². The van der Waals surface area contributed by atoms with E-state index in [2.05, 4.69) is 11.2 Å². The molecule has 2 atom stereocenters. The largest absolute Gasteiger partial charge is 0.368 e. The van der Waals surface area contributed by atoms with Crippen LogP contribution in [0.25, 0.3) is 10.9 Å². The first-order valence-corrected chi connectivity index (χ1v) is 5.60. The first kappa shape index (κ1) is 9.81. The van der Waals surface area contributed by atoms with E-state index in [9.17, 15) is 0 Å². The van der Waals surface area contributed by atoms with Crippen LogP contribution in [0.2, 0.25) is 0 Å². The van der Waals surface area contributed by atoms with Crippen molar-refractivity contribution in [2.75, 3.05) is 6.61 Å². The summed E-state index contributed by atoms with van der Waals surface area (Å²) in [4.78, 5) is 0. The number of nitrogens with zero attached hydrogens (tertiary/aromatic N) is 2. The summed E-state index contributed by atoms with van der Waals surface area (Å²) in [5, 5.41) is 5.72. The Labute approximate surface area is 94.0 Å². The molecule has 0 saturated carbocycles. The minimum absolute atomic E-state index is 0.0147. The third kappa shape index (κ3) is 1.34. The highest BCUT2D eigenvalue weighted by Gasteiger charge is 2.27. The van der Waals surface area contributed by atoms with E-state index in [0.717, 1.165) is 23.1 Å². The number of rotatable bonds is 1. The van der Waals surface area contributed by atoms with Crippen molar-refractivity contribution < 1.29 is 4.74 Å². The van der Waals surface area contributed by atoms with Crippen molar-refractivity contribution in [2.24, 2.45) is 5.73 Å². The van der Waals surface area contributed by atoms with Gasteiger partial charge >= 0.3 is 0 Å². The van der Waals surface area contributed by atoms with Gasteiger partial charge < -0.3 is 10.5 Å². The molecule has 0 fully saturated rings. The summed E-state index contributed by atoms with van der Waals surface area (Å²) in [5.74, 6) is 0. The van der Waals surface area contributed by atoms with Crippen molar-refractivity contribution in [3.05, 3.63) is 30.0 Å². The number of aromatic nitrogens is 2. The molecule has 0 saturated heterocycles. The third-order valence-electron chi connectivity index (χ3n) is 3.03. The zero-order valence-electron chi connectivity index (χ0n) is 9.26. The van der Waals surface area contributed by atoms with Gasteiger partial charge in [0.2, 0.25) is 0 Å². The van der Waals surface area contributed by atoms with Crippen LogP contribution < -0.4 is 5.73 Å². The van der Waals surface area contributed by atoms with Crippen LogP contribution in [-0.2, 0) is 11.3 Å². The highest BCUT2D eigenvalue weighted by Crippen LogP contribution is 2.30. The van der Waals surface area contributed by atoms with Crippen molar-refractivity contribution in [1.29, 1.82) is 0 Å². The Morgan fingerprint density at radius 3 is 3.12 bits per heavy atom. The number of ether oxygens (including phenoxy) is 1. The molecule has 1 aromatic heterocycles. The summed E-state index contributed by atoms with van der Waals surface area (Å²) in [7, 11) is 0. The summed E-state index contributed by atoms with van der Waals surface area (Å²) in [6, 6.07) is 8.12. The molecule has 1 aromatic carbocycles. The number of benzene rings is 1. The van der Waals surface area contributed by atoms with E-state index >= 15 is 0 Å². The van der Waals surface area contributed by atoms with Crippen LogP contribution >= 0.6 is 0 Å². The molecule has 0 amide bonds. The molecule has 4 heteroatoms. The summed E-state index contributed by atoms with van der Waals surface area (Å²) in [6.07, 6.45) is -0.0406. The lowest BCUT2D eigenvalue weighted by Gasteiger charge is -2.27. The van der Waals surface area contributed by atoms with E-state index in [0.29, 0.717) is 6.61 Å². The first-order chi connectivity index (χ1) is 7.77. The van der Waals surface area contributed by atoms with Gasteiger partial charge in [0.05, 0.1) is 24.4 Å². The molecule has 84 valence electrons. The first-order valence-electron chi connectivity index (χ1n) is 5.60. The van der Waals surface area contributed by atoms with Crippen molar-refractivity contribution in [2.45, 2.75) is 25.6 Å². The number of fused-ring (bicyclic) bond motifs is 3. The Balaban J connectivity index is 2.24. The Bertz CT molecular complexity index is 518. The SMILES string of the molecule is C[C@@H](N)[C@@H]1OCCn2nc3ccccc3c21. The second-order valence-corrected chi connectivity index (χ2v) is 4.28. The van der Waals surface area contributed by atoms with Crippen molar-refractivity contribution in [1.82, 2.24) is 9.78 Å². The van der Waals surface area contributed by atoms with Crippen LogP contribution in [0.4, 0.5) is 0 Å². The summed E-state index contributed by atoms with van der Waals surface area (Å²) in [6.45, 7) is 3.47. The third-order valence-corrected chi connectivity index (χ3v) is 3.03. The van der Waals surface area contributed by atoms with Crippen LogP contribution in [0.15, 0.2) is 24.3 Å². The highest BCUT2D eigenvalue weighted by atomic mass is 16.5. The Kier molecular flexibility index (Phi) is 2.19. The average molecular weight is 217 g/mol. The van der Waals surface area contributed by atoms with E-state index in [1.165, 1.54) is 0 Å². The van der Waals surface area contributed by atoms with Gasteiger partial charge in [-0.2, -0.15) is 5.10 Å². The van der Waals surface area contributed by atoms with Gasteiger partial charge in [0.1, 0.15) is 6.10 Å². The van der Waals surface area contributed by atoms with Crippen LogP contribution in [0.5, 0.6) is 0 Å². The molecule has 2 aromatic rings. The lowest BCUT2D eigenvalue weighted by Crippen LogP contribution is -2.33. The van der Waals surface area contributed by atoms with Gasteiger partial charge in [-0.25, -0.2) is 0 Å². The number of hydrogen-bond acceptors (Lipinski definition) is 3. The quantitative estimate of drug-likeness (QED) is 0.786. The van der Waals surface area contributed by atoms with Gasteiger partial charge in [-0.05, 0) is 13.0 Å². The maximum atomic E-state index is 5.97. The van der Waals surface area contributed by atoms with E-state index in [4.69, 9.17) is 10.5 Å². The molecule has 0 radical (unpaired) electrons. The summed E-state index contributed by atoms with van der Waals surface area (Å²) < 4.78 is 7.78. The predicted octanol–water partition coefficient (Wildman–Crippen LogP) is 1.45. The van der Waals surface area contributed by atoms with Crippen LogP contribution in [0.1, 0.15) is 18.7 Å². The van der Waals surface area contributed by atoms with Crippen LogP contribution in [-0.4, -0.2) is 22.4 Å². The van der Waals surface area contributed by atoms with Crippen LogP contribution in [0.3, 0.4) is 0 Å². The predicted molar refractivity (Wildman–Crippen MR) is 62.1 cm³/mol. The Morgan fingerprint density at radius 1 is 1.50 bits per heavy atom. The van der Waals surface area contributed by atoms with E-state index in [1.807, 2.05) is 29.8 Å². The molecule has 2 heterocycles. The Hall–Kier alpha value is -1.39. The lowest BCUT2D eigenvalue weighted by atomic mass is 10.1. The van der Waals surface area contributed by atoms with Gasteiger partial charge in [0.25, 0.3) is 0 Å². The normalized spacial score (nSPS) is 22.0.